The number of piperidine rings is 1. The van der Waals surface area contributed by atoms with E-state index in [1.807, 2.05) is 12.1 Å². The summed E-state index contributed by atoms with van der Waals surface area (Å²) in [5.41, 5.74) is 16.1. The van der Waals surface area contributed by atoms with Gasteiger partial charge in [-0.1, -0.05) is 24.3 Å². The van der Waals surface area contributed by atoms with E-state index < -0.39 is 12.0 Å². The number of imide groups is 1. The Morgan fingerprint density at radius 3 is 2.58 bits per heavy atom. The van der Waals surface area contributed by atoms with Crippen LogP contribution in [-0.4, -0.2) is 99.5 Å². The van der Waals surface area contributed by atoms with Gasteiger partial charge in [-0.15, -0.1) is 10.2 Å². The number of amides is 3. The van der Waals surface area contributed by atoms with Crippen LogP contribution in [0.1, 0.15) is 56.9 Å². The minimum absolute atomic E-state index is 0.00150. The monoisotopic (exact) mass is 748 g/mol. The van der Waals surface area contributed by atoms with E-state index in [9.17, 15) is 19.2 Å². The number of aromatic nitrogens is 4. The highest BCUT2D eigenvalue weighted by atomic mass is 16.5. The first-order valence-corrected chi connectivity index (χ1v) is 18.8. The van der Waals surface area contributed by atoms with Crippen LogP contribution in [0, 0.1) is 0 Å². The molecule has 2 aromatic heterocycles. The number of anilines is 3. The van der Waals surface area contributed by atoms with Gasteiger partial charge < -0.3 is 30.7 Å². The van der Waals surface area contributed by atoms with Crippen molar-refractivity contribution in [3.05, 3.63) is 66.5 Å². The molecule has 5 heterocycles. The zero-order valence-electron chi connectivity index (χ0n) is 30.6. The highest BCUT2D eigenvalue weighted by molar-refractivity contribution is 6.02. The minimum Gasteiger partial charge on any atom is -0.489 e. The van der Waals surface area contributed by atoms with Crippen LogP contribution in [0.3, 0.4) is 0 Å². The second kappa shape index (κ2) is 15.1. The average Bonchev–Trinajstić information content (AvgIpc) is 3.68. The molecule has 16 heteroatoms. The Labute approximate surface area is 317 Å². The van der Waals surface area contributed by atoms with Gasteiger partial charge in [0.2, 0.25) is 17.7 Å². The van der Waals surface area contributed by atoms with Crippen molar-refractivity contribution in [3.8, 4) is 28.4 Å². The molecule has 8 rings (SSSR count). The number of carbonyl (C=O) groups is 4. The lowest BCUT2D eigenvalue weighted by Crippen LogP contribution is -2.54. The Kier molecular flexibility index (Phi) is 9.92. The fourth-order valence-corrected chi connectivity index (χ4v) is 8.20. The second-order valence-corrected chi connectivity index (χ2v) is 14.6. The molecule has 3 fully saturated rings. The van der Waals surface area contributed by atoms with Gasteiger partial charge in [0.25, 0.3) is 0 Å². The highest BCUT2D eigenvalue weighted by Gasteiger charge is 2.38. The lowest BCUT2D eigenvalue weighted by atomic mass is 9.80. The van der Waals surface area contributed by atoms with Crippen LogP contribution < -0.4 is 36.1 Å². The summed E-state index contributed by atoms with van der Waals surface area (Å²) in [6.45, 7) is 4.19. The molecule has 3 amide bonds. The first-order chi connectivity index (χ1) is 26.6. The molecule has 3 aliphatic heterocycles. The maximum atomic E-state index is 13.6. The summed E-state index contributed by atoms with van der Waals surface area (Å²) in [4.78, 5) is 56.5. The predicted molar refractivity (Wildman–Crippen MR) is 203 cm³/mol. The molecule has 16 nitrogen and oxygen atoms in total. The number of nitrogens with one attached hydrogen (secondary N) is 1. The molecule has 5 N–H and O–H groups in total. The van der Waals surface area contributed by atoms with Crippen LogP contribution in [0.15, 0.2) is 60.9 Å². The van der Waals surface area contributed by atoms with Crippen LogP contribution in [0.2, 0.25) is 0 Å². The molecular weight excluding hydrogens is 704 g/mol. The number of hydrogen-bond acceptors (Lipinski definition) is 13. The average molecular weight is 749 g/mol. The molecule has 55 heavy (non-hydrogen) atoms. The number of fused-ring (bicyclic) bond motifs is 1. The third-order valence-electron chi connectivity index (χ3n) is 11.1. The lowest BCUT2D eigenvalue weighted by molar-refractivity contribution is -0.136. The first kappa shape index (κ1) is 36.1. The minimum atomic E-state index is -0.799. The van der Waals surface area contributed by atoms with E-state index in [1.165, 1.54) is 0 Å². The van der Waals surface area contributed by atoms with Crippen LogP contribution in [-0.2, 0) is 19.2 Å². The summed E-state index contributed by atoms with van der Waals surface area (Å²) < 4.78 is 13.3. The van der Waals surface area contributed by atoms with Gasteiger partial charge in [-0.05, 0) is 74.8 Å². The van der Waals surface area contributed by atoms with E-state index >= 15 is 0 Å². The predicted octanol–water partition coefficient (Wildman–Crippen LogP) is 2.54. The van der Waals surface area contributed by atoms with Crippen LogP contribution >= 0.6 is 0 Å². The Morgan fingerprint density at radius 2 is 1.80 bits per heavy atom. The number of rotatable bonds is 8. The SMILES string of the molecule is CC(N)C(=O)Oc1ccccc1-c1cc(-n2cc(N3CCN(C4CCC(c5cccc6c5OCCN6C5CCC(=O)NC5=O)CC4)CC3=O)cn2)c(N)nn1. The van der Waals surface area contributed by atoms with E-state index in [4.69, 9.17) is 20.9 Å². The fraction of sp³-hybridized carbons (Fsp3) is 0.410. The van der Waals surface area contributed by atoms with E-state index in [-0.39, 0.29) is 29.6 Å². The van der Waals surface area contributed by atoms with Crippen LogP contribution in [0.25, 0.3) is 16.9 Å². The van der Waals surface area contributed by atoms with Gasteiger partial charge in [-0.3, -0.25) is 24.6 Å². The number of esters is 1. The molecule has 4 aromatic rings. The first-order valence-electron chi connectivity index (χ1n) is 18.8. The standard InChI is InChI=1S/C39H44N10O6/c1-23(40)39(53)55-33-8-3-2-5-28(33)29-19-32(37(41)45-44-29)49-21-26(20-42-49)47-16-15-46(22-35(47)51)25-11-9-24(10-12-25)27-6-4-7-30-36(27)54-18-17-48(30)31-13-14-34(50)43-38(31)52/h2-8,19-21,23-25,31H,9-18,22,40H2,1H3,(H2,41,45)(H,43,50,52). The van der Waals surface area contributed by atoms with E-state index in [1.54, 1.807) is 59.2 Å². The van der Waals surface area contributed by atoms with Crippen molar-refractivity contribution >= 4 is 40.9 Å². The van der Waals surface area contributed by atoms with Crippen molar-refractivity contribution in [3.63, 3.8) is 0 Å². The van der Waals surface area contributed by atoms with Gasteiger partial charge in [0.15, 0.2) is 5.82 Å². The van der Waals surface area contributed by atoms with Crippen LogP contribution in [0.4, 0.5) is 17.2 Å². The Balaban J connectivity index is 0.904. The third-order valence-corrected chi connectivity index (χ3v) is 11.1. The molecular formula is C39H44N10O6. The summed E-state index contributed by atoms with van der Waals surface area (Å²) in [6.07, 6.45) is 8.07. The van der Waals surface area contributed by atoms with Crippen molar-refractivity contribution in [1.29, 1.82) is 0 Å². The van der Waals surface area contributed by atoms with E-state index in [2.05, 4.69) is 36.5 Å². The van der Waals surface area contributed by atoms with Crippen molar-refractivity contribution < 1.29 is 28.7 Å². The molecule has 0 bridgehead atoms. The van der Waals surface area contributed by atoms with Gasteiger partial charge in [0.05, 0.1) is 42.6 Å². The van der Waals surface area contributed by atoms with E-state index in [0.717, 1.165) is 49.2 Å². The quantitative estimate of drug-likeness (QED) is 0.135. The zero-order valence-corrected chi connectivity index (χ0v) is 30.6. The number of ether oxygens (including phenoxy) is 2. The molecule has 2 atom stereocenters. The third kappa shape index (κ3) is 7.22. The smallest absolute Gasteiger partial charge is 0.328 e. The topological polar surface area (TPSA) is 204 Å². The summed E-state index contributed by atoms with van der Waals surface area (Å²) >= 11 is 0. The van der Waals surface area contributed by atoms with Crippen LogP contribution in [0.5, 0.6) is 11.5 Å². The lowest BCUT2D eigenvalue weighted by Gasteiger charge is -2.42. The molecule has 0 radical (unpaired) electrons. The normalized spacial score (nSPS) is 22.4. The summed E-state index contributed by atoms with van der Waals surface area (Å²) in [5, 5.41) is 15.4. The molecule has 2 aromatic carbocycles. The molecule has 2 unspecified atom stereocenters. The Bertz CT molecular complexity index is 2130. The van der Waals surface area contributed by atoms with Gasteiger partial charge in [-0.25, -0.2) is 9.48 Å². The van der Waals surface area contributed by atoms with E-state index in [0.29, 0.717) is 79.4 Å². The fourth-order valence-electron chi connectivity index (χ4n) is 8.20. The summed E-state index contributed by atoms with van der Waals surface area (Å²) in [5.74, 6) is 0.548. The molecule has 1 saturated carbocycles. The van der Waals surface area contributed by atoms with Crippen molar-refractivity contribution in [1.82, 2.24) is 30.2 Å². The number of nitrogens with zero attached hydrogens (tertiary/aromatic N) is 7. The zero-order chi connectivity index (χ0) is 38.2. The molecule has 2 saturated heterocycles. The van der Waals surface area contributed by atoms with Crippen molar-refractivity contribution in [2.75, 3.05) is 48.3 Å². The number of carbonyl (C=O) groups excluding carboxylic acids is 4. The number of piperazine rings is 1. The van der Waals surface area contributed by atoms with Gasteiger partial charge in [-0.2, -0.15) is 5.10 Å². The Morgan fingerprint density at radius 1 is 0.982 bits per heavy atom. The van der Waals surface area contributed by atoms with Crippen molar-refractivity contribution in [2.24, 2.45) is 5.73 Å². The largest absolute Gasteiger partial charge is 0.489 e. The van der Waals surface area contributed by atoms with Gasteiger partial charge in [0, 0.05) is 31.1 Å². The van der Waals surface area contributed by atoms with Gasteiger partial charge in [0.1, 0.15) is 35.9 Å². The second-order valence-electron chi connectivity index (χ2n) is 14.6. The molecule has 1 aliphatic carbocycles. The molecule has 286 valence electrons. The summed E-state index contributed by atoms with van der Waals surface area (Å²) in [7, 11) is 0. The highest BCUT2D eigenvalue weighted by Crippen LogP contribution is 2.45. The Hall–Kier alpha value is -5.87. The molecule has 0 spiro atoms. The maximum absolute atomic E-state index is 13.6. The number of para-hydroxylation sites is 2. The number of benzene rings is 2. The maximum Gasteiger partial charge on any atom is 0.328 e. The van der Waals surface area contributed by atoms with Gasteiger partial charge >= 0.3 is 5.97 Å². The van der Waals surface area contributed by atoms with Crippen molar-refractivity contribution in [2.45, 2.75) is 69.5 Å². The summed E-state index contributed by atoms with van der Waals surface area (Å²) in [6, 6.07) is 13.9. The molecule has 4 aliphatic rings. The number of nitrogens with two attached hydrogens (primary N) is 2. The number of hydrogen-bond donors (Lipinski definition) is 3. The number of nitrogen functional groups attached to an aromatic ring is 1.